The van der Waals surface area contributed by atoms with Gasteiger partial charge in [-0.15, -0.1) is 0 Å². The van der Waals surface area contributed by atoms with Gasteiger partial charge in [0.25, 0.3) is 5.91 Å². The third kappa shape index (κ3) is 3.61. The van der Waals surface area contributed by atoms with Crippen LogP contribution in [0.4, 0.5) is 0 Å². The lowest BCUT2D eigenvalue weighted by molar-refractivity contribution is 0.0227. The summed E-state index contributed by atoms with van der Waals surface area (Å²) in [7, 11) is 0. The number of nitrogens with one attached hydrogen (secondary N) is 2. The molecule has 0 spiro atoms. The Bertz CT molecular complexity index is 918. The highest BCUT2D eigenvalue weighted by Crippen LogP contribution is 2.37. The normalized spacial score (nSPS) is 19.9. The summed E-state index contributed by atoms with van der Waals surface area (Å²) in [4.78, 5) is 25.0. The average Bonchev–Trinajstić information content (AvgIpc) is 3.07. The highest BCUT2D eigenvalue weighted by Gasteiger charge is 2.36. The van der Waals surface area contributed by atoms with Gasteiger partial charge in [0.05, 0.1) is 17.8 Å². The van der Waals surface area contributed by atoms with Crippen LogP contribution in [0, 0.1) is 12.8 Å². The first-order valence-electron chi connectivity index (χ1n) is 9.13. The topological polar surface area (TPSA) is 90.9 Å². The van der Waals surface area contributed by atoms with Crippen molar-refractivity contribution in [3.8, 4) is 11.4 Å². The number of aryl methyl sites for hydroxylation is 1. The number of imidazole rings is 1. The van der Waals surface area contributed by atoms with Crippen LogP contribution in [0.1, 0.15) is 40.8 Å². The van der Waals surface area contributed by atoms with Crippen LogP contribution >= 0.6 is 0 Å². The van der Waals surface area contributed by atoms with Crippen LogP contribution in [0.2, 0.25) is 0 Å². The van der Waals surface area contributed by atoms with Crippen molar-refractivity contribution in [1.29, 1.82) is 0 Å². The number of aliphatic hydroxyl groups is 1. The van der Waals surface area contributed by atoms with Gasteiger partial charge in [-0.3, -0.25) is 9.78 Å². The van der Waals surface area contributed by atoms with Crippen molar-refractivity contribution in [2.45, 2.75) is 31.9 Å². The molecule has 6 nitrogen and oxygen atoms in total. The molecule has 6 heteroatoms. The third-order valence-electron chi connectivity index (χ3n) is 5.06. The van der Waals surface area contributed by atoms with Gasteiger partial charge in [0.1, 0.15) is 11.5 Å². The maximum Gasteiger partial charge on any atom is 0.272 e. The van der Waals surface area contributed by atoms with Gasteiger partial charge >= 0.3 is 0 Å². The quantitative estimate of drug-likeness (QED) is 0.651. The van der Waals surface area contributed by atoms with E-state index in [0.29, 0.717) is 24.4 Å². The molecule has 27 heavy (non-hydrogen) atoms. The minimum absolute atomic E-state index is 0.173. The van der Waals surface area contributed by atoms with Gasteiger partial charge in [0.15, 0.2) is 0 Å². The largest absolute Gasteiger partial charge is 0.393 e. The number of benzene rings is 1. The van der Waals surface area contributed by atoms with Gasteiger partial charge in [-0.2, -0.15) is 0 Å². The Morgan fingerprint density at radius 3 is 2.59 bits per heavy atom. The molecule has 0 saturated heterocycles. The smallest absolute Gasteiger partial charge is 0.272 e. The summed E-state index contributed by atoms with van der Waals surface area (Å²) in [6, 6.07) is 15.1. The second kappa shape index (κ2) is 7.32. The van der Waals surface area contributed by atoms with Crippen molar-refractivity contribution in [3.63, 3.8) is 0 Å². The summed E-state index contributed by atoms with van der Waals surface area (Å²) in [6.45, 7) is 1.84. The molecule has 1 aliphatic rings. The van der Waals surface area contributed by atoms with E-state index < -0.39 is 0 Å². The summed E-state index contributed by atoms with van der Waals surface area (Å²) < 4.78 is 0. The Kier molecular flexibility index (Phi) is 4.73. The number of pyridine rings is 1. The van der Waals surface area contributed by atoms with E-state index in [1.807, 2.05) is 55.5 Å². The van der Waals surface area contributed by atoms with Crippen molar-refractivity contribution >= 4 is 5.91 Å². The van der Waals surface area contributed by atoms with E-state index in [1.54, 1.807) is 6.20 Å². The zero-order chi connectivity index (χ0) is 18.8. The van der Waals surface area contributed by atoms with Crippen molar-refractivity contribution in [3.05, 3.63) is 71.8 Å². The number of aromatic nitrogens is 3. The second-order valence-corrected chi connectivity index (χ2v) is 7.02. The van der Waals surface area contributed by atoms with Crippen molar-refractivity contribution in [1.82, 2.24) is 20.3 Å². The van der Waals surface area contributed by atoms with E-state index in [-0.39, 0.29) is 24.0 Å². The summed E-state index contributed by atoms with van der Waals surface area (Å²) >= 11 is 0. The standard InChI is InChI=1S/C21H22N4O2/c1-13-18(24-20(23-13)14-7-3-2-4-8-14)21(27)25-19(15-11-16(26)12-15)17-9-5-6-10-22-17/h2-10,15-16,19,26H,11-12H2,1H3,(H,23,24)(H,25,27)/t15?,16?,19-/m1/s1. The van der Waals surface area contributed by atoms with Crippen molar-refractivity contribution in [2.75, 3.05) is 0 Å². The highest BCUT2D eigenvalue weighted by molar-refractivity contribution is 5.94. The Balaban J connectivity index is 1.57. The Morgan fingerprint density at radius 2 is 1.93 bits per heavy atom. The third-order valence-corrected chi connectivity index (χ3v) is 5.06. The molecule has 1 fully saturated rings. The van der Waals surface area contributed by atoms with Crippen LogP contribution in [0.3, 0.4) is 0 Å². The SMILES string of the molecule is Cc1[nH]c(-c2ccccc2)nc1C(=O)N[C@@H](c1ccccn1)C1CC(O)C1. The fourth-order valence-electron chi connectivity index (χ4n) is 3.52. The monoisotopic (exact) mass is 362 g/mol. The Hall–Kier alpha value is -2.99. The van der Waals surface area contributed by atoms with E-state index in [4.69, 9.17) is 0 Å². The maximum atomic E-state index is 12.9. The van der Waals surface area contributed by atoms with E-state index in [9.17, 15) is 9.90 Å². The van der Waals surface area contributed by atoms with Gasteiger partial charge in [-0.05, 0) is 37.8 Å². The molecule has 1 aromatic carbocycles. The van der Waals surface area contributed by atoms with Gasteiger partial charge < -0.3 is 15.4 Å². The highest BCUT2D eigenvalue weighted by atomic mass is 16.3. The molecule has 0 unspecified atom stereocenters. The summed E-state index contributed by atoms with van der Waals surface area (Å²) in [6.07, 6.45) is 2.75. The Morgan fingerprint density at radius 1 is 1.19 bits per heavy atom. The maximum absolute atomic E-state index is 12.9. The number of aliphatic hydroxyl groups excluding tert-OH is 1. The summed E-state index contributed by atoms with van der Waals surface area (Å²) in [5.74, 6) is 0.612. The molecule has 3 aromatic rings. The number of carbonyl (C=O) groups excluding carboxylic acids is 1. The van der Waals surface area contributed by atoms with Crippen LogP contribution in [-0.2, 0) is 0 Å². The van der Waals surface area contributed by atoms with Gasteiger partial charge in [-0.1, -0.05) is 36.4 Å². The molecule has 1 aliphatic carbocycles. The van der Waals surface area contributed by atoms with Crippen LogP contribution in [0.5, 0.6) is 0 Å². The molecule has 4 rings (SSSR count). The first-order valence-corrected chi connectivity index (χ1v) is 9.13. The lowest BCUT2D eigenvalue weighted by Crippen LogP contribution is -2.42. The zero-order valence-electron chi connectivity index (χ0n) is 15.1. The van der Waals surface area contributed by atoms with E-state index in [2.05, 4.69) is 20.3 Å². The van der Waals surface area contributed by atoms with Gasteiger partial charge in [0, 0.05) is 17.5 Å². The number of H-pyrrole nitrogens is 1. The minimum Gasteiger partial charge on any atom is -0.393 e. The zero-order valence-corrected chi connectivity index (χ0v) is 15.1. The minimum atomic E-state index is -0.296. The molecular weight excluding hydrogens is 340 g/mol. The number of amides is 1. The first-order chi connectivity index (χ1) is 13.1. The molecule has 0 radical (unpaired) electrons. The molecular formula is C21H22N4O2. The first kappa shape index (κ1) is 17.4. The van der Waals surface area contributed by atoms with Crippen LogP contribution in [0.25, 0.3) is 11.4 Å². The molecule has 0 aliphatic heterocycles. The van der Waals surface area contributed by atoms with E-state index in [0.717, 1.165) is 17.0 Å². The van der Waals surface area contributed by atoms with E-state index >= 15 is 0 Å². The Labute approximate surface area is 157 Å². The molecule has 0 bridgehead atoms. The lowest BCUT2D eigenvalue weighted by Gasteiger charge is -2.37. The number of carbonyl (C=O) groups is 1. The molecule has 2 heterocycles. The number of aromatic amines is 1. The molecule has 1 atom stereocenters. The summed E-state index contributed by atoms with van der Waals surface area (Å²) in [5, 5.41) is 12.8. The molecule has 3 N–H and O–H groups in total. The average molecular weight is 362 g/mol. The van der Waals surface area contributed by atoms with Crippen LogP contribution in [-0.4, -0.2) is 32.1 Å². The number of rotatable bonds is 5. The predicted octanol–water partition coefficient (Wildman–Crippen LogP) is 3.02. The number of hydrogen-bond donors (Lipinski definition) is 3. The number of hydrogen-bond acceptors (Lipinski definition) is 4. The molecule has 138 valence electrons. The lowest BCUT2D eigenvalue weighted by atomic mass is 9.76. The van der Waals surface area contributed by atoms with Crippen molar-refractivity contribution < 1.29 is 9.90 Å². The predicted molar refractivity (Wildman–Crippen MR) is 102 cm³/mol. The second-order valence-electron chi connectivity index (χ2n) is 7.02. The van der Waals surface area contributed by atoms with E-state index in [1.165, 1.54) is 0 Å². The fraction of sp³-hybridized carbons (Fsp3) is 0.286. The molecule has 1 amide bonds. The van der Waals surface area contributed by atoms with Crippen LogP contribution in [0.15, 0.2) is 54.7 Å². The molecule has 2 aromatic heterocycles. The number of nitrogens with zero attached hydrogens (tertiary/aromatic N) is 2. The van der Waals surface area contributed by atoms with Crippen LogP contribution < -0.4 is 5.32 Å². The van der Waals surface area contributed by atoms with Gasteiger partial charge in [0.2, 0.25) is 0 Å². The van der Waals surface area contributed by atoms with Crippen molar-refractivity contribution in [2.24, 2.45) is 5.92 Å². The van der Waals surface area contributed by atoms with Gasteiger partial charge in [-0.25, -0.2) is 4.98 Å². The summed E-state index contributed by atoms with van der Waals surface area (Å²) in [5.41, 5.74) is 2.84. The fourth-order valence-corrected chi connectivity index (χ4v) is 3.52. The molecule has 1 saturated carbocycles.